The van der Waals surface area contributed by atoms with Gasteiger partial charge in [-0.3, -0.25) is 4.18 Å². The Kier molecular flexibility index (Phi) is 5.78. The van der Waals surface area contributed by atoms with E-state index in [1.807, 2.05) is 12.1 Å². The Labute approximate surface area is 156 Å². The summed E-state index contributed by atoms with van der Waals surface area (Å²) in [4.78, 5) is 0. The van der Waals surface area contributed by atoms with Gasteiger partial charge in [-0.05, 0) is 68.1 Å². The fourth-order valence-corrected chi connectivity index (χ4v) is 5.04. The first-order chi connectivity index (χ1) is 11.8. The van der Waals surface area contributed by atoms with E-state index in [1.165, 1.54) is 12.0 Å². The van der Waals surface area contributed by atoms with Crippen LogP contribution < -0.4 is 5.32 Å². The summed E-state index contributed by atoms with van der Waals surface area (Å²) in [6, 6.07) is 8.50. The van der Waals surface area contributed by atoms with Crippen molar-refractivity contribution < 1.29 is 12.6 Å². The molecule has 140 valence electrons. The van der Waals surface area contributed by atoms with Crippen molar-refractivity contribution >= 4 is 21.7 Å². The Bertz CT molecular complexity index is 677. The maximum Gasteiger partial charge on any atom is 0.264 e. The highest BCUT2D eigenvalue weighted by Crippen LogP contribution is 2.49. The van der Waals surface area contributed by atoms with Crippen LogP contribution in [0.5, 0.6) is 0 Å². The van der Waals surface area contributed by atoms with E-state index in [-0.39, 0.29) is 17.4 Å². The Morgan fingerprint density at radius 1 is 1.28 bits per heavy atom. The molecule has 1 saturated carbocycles. The second-order valence-electron chi connectivity index (χ2n) is 7.83. The third-order valence-electron chi connectivity index (χ3n) is 5.88. The van der Waals surface area contributed by atoms with Crippen molar-refractivity contribution in [3.05, 3.63) is 34.9 Å². The van der Waals surface area contributed by atoms with Gasteiger partial charge in [0.15, 0.2) is 0 Å². The van der Waals surface area contributed by atoms with Gasteiger partial charge in [-0.2, -0.15) is 8.42 Å². The van der Waals surface area contributed by atoms with Crippen LogP contribution >= 0.6 is 11.6 Å². The van der Waals surface area contributed by atoms with Gasteiger partial charge in [0.05, 0.1) is 12.4 Å². The van der Waals surface area contributed by atoms with E-state index in [2.05, 4.69) is 24.4 Å². The van der Waals surface area contributed by atoms with Crippen LogP contribution in [0.15, 0.2) is 24.3 Å². The number of rotatable bonds is 6. The van der Waals surface area contributed by atoms with Crippen molar-refractivity contribution in [2.45, 2.75) is 63.0 Å². The quantitative estimate of drug-likeness (QED) is 0.755. The van der Waals surface area contributed by atoms with E-state index in [9.17, 15) is 8.42 Å². The molecule has 2 fully saturated rings. The normalized spacial score (nSPS) is 27.5. The second kappa shape index (κ2) is 7.55. The van der Waals surface area contributed by atoms with Gasteiger partial charge >= 0.3 is 0 Å². The van der Waals surface area contributed by atoms with E-state index in [0.717, 1.165) is 49.9 Å². The predicted molar refractivity (Wildman–Crippen MR) is 102 cm³/mol. The highest BCUT2D eigenvalue weighted by Gasteiger charge is 2.43. The lowest BCUT2D eigenvalue weighted by Gasteiger charge is -2.46. The molecule has 25 heavy (non-hydrogen) atoms. The van der Waals surface area contributed by atoms with Gasteiger partial charge in [0.25, 0.3) is 10.1 Å². The van der Waals surface area contributed by atoms with Crippen LogP contribution in [0.2, 0.25) is 5.02 Å². The summed E-state index contributed by atoms with van der Waals surface area (Å²) in [6.07, 6.45) is 7.04. The second-order valence-corrected chi connectivity index (χ2v) is 9.87. The number of hydrogen-bond acceptors (Lipinski definition) is 4. The van der Waals surface area contributed by atoms with Crippen molar-refractivity contribution in [2.24, 2.45) is 5.92 Å². The zero-order chi connectivity index (χ0) is 18.1. The first kappa shape index (κ1) is 19.2. The predicted octanol–water partition coefficient (Wildman–Crippen LogP) is 3.88. The van der Waals surface area contributed by atoms with Crippen LogP contribution in [0.4, 0.5) is 0 Å². The Hall–Kier alpha value is -0.620. The average Bonchev–Trinajstić information content (AvgIpc) is 2.50. The van der Waals surface area contributed by atoms with Crippen LogP contribution in [-0.2, 0) is 19.7 Å². The molecule has 0 aromatic heterocycles. The third kappa shape index (κ3) is 4.76. The molecule has 1 saturated heterocycles. The Balaban J connectivity index is 1.81. The molecule has 1 aromatic carbocycles. The highest BCUT2D eigenvalue weighted by atomic mass is 35.5. The van der Waals surface area contributed by atoms with Crippen molar-refractivity contribution in [1.29, 1.82) is 0 Å². The minimum Gasteiger partial charge on any atom is -0.314 e. The lowest BCUT2D eigenvalue weighted by molar-refractivity contribution is 0.0602. The first-order valence-corrected chi connectivity index (χ1v) is 11.3. The van der Waals surface area contributed by atoms with Gasteiger partial charge in [0.1, 0.15) is 0 Å². The Morgan fingerprint density at radius 2 is 1.96 bits per heavy atom. The van der Waals surface area contributed by atoms with Gasteiger partial charge in [-0.25, -0.2) is 0 Å². The van der Waals surface area contributed by atoms with Crippen molar-refractivity contribution in [3.8, 4) is 0 Å². The summed E-state index contributed by atoms with van der Waals surface area (Å²) in [5.74, 6) is 0.232. The molecule has 1 unspecified atom stereocenters. The molecule has 1 aliphatic carbocycles. The van der Waals surface area contributed by atoms with Gasteiger partial charge in [-0.1, -0.05) is 30.2 Å². The minimum atomic E-state index is -3.48. The largest absolute Gasteiger partial charge is 0.314 e. The molecular weight excluding hydrogens is 358 g/mol. The number of hydrogen-bond donors (Lipinski definition) is 1. The summed E-state index contributed by atoms with van der Waals surface area (Å²) < 4.78 is 29.3. The molecule has 2 aliphatic rings. The maximum atomic E-state index is 11.9. The number of benzene rings is 1. The molecular formula is C19H28ClNO3S. The van der Waals surface area contributed by atoms with E-state index in [1.54, 1.807) is 0 Å². The van der Waals surface area contributed by atoms with Crippen LogP contribution in [0, 0.1) is 5.92 Å². The Morgan fingerprint density at radius 3 is 2.44 bits per heavy atom. The van der Waals surface area contributed by atoms with Gasteiger partial charge < -0.3 is 5.32 Å². The van der Waals surface area contributed by atoms with E-state index < -0.39 is 10.1 Å². The zero-order valence-electron chi connectivity index (χ0n) is 15.0. The fourth-order valence-electron chi connectivity index (χ4n) is 4.24. The summed E-state index contributed by atoms with van der Waals surface area (Å²) in [5, 5.41) is 4.20. The van der Waals surface area contributed by atoms with Crippen LogP contribution in [-0.4, -0.2) is 33.4 Å². The van der Waals surface area contributed by atoms with Gasteiger partial charge in [0, 0.05) is 17.6 Å². The van der Waals surface area contributed by atoms with Gasteiger partial charge in [-0.15, -0.1) is 0 Å². The molecule has 3 rings (SSSR count). The molecule has 0 bridgehead atoms. The summed E-state index contributed by atoms with van der Waals surface area (Å²) in [6.45, 7) is 2.99. The number of piperidine rings is 1. The average molecular weight is 386 g/mol. The van der Waals surface area contributed by atoms with Crippen molar-refractivity contribution in [3.63, 3.8) is 0 Å². The molecule has 1 aliphatic heterocycles. The van der Waals surface area contributed by atoms with Crippen LogP contribution in [0.3, 0.4) is 0 Å². The van der Waals surface area contributed by atoms with Crippen molar-refractivity contribution in [2.75, 3.05) is 12.8 Å². The summed E-state index contributed by atoms with van der Waals surface area (Å²) in [5.41, 5.74) is 1.27. The third-order valence-corrected chi connectivity index (χ3v) is 6.73. The molecule has 0 amide bonds. The van der Waals surface area contributed by atoms with E-state index >= 15 is 0 Å². The maximum absolute atomic E-state index is 11.9. The summed E-state index contributed by atoms with van der Waals surface area (Å²) >= 11 is 6.04. The topological polar surface area (TPSA) is 55.4 Å². The molecule has 0 radical (unpaired) electrons. The van der Waals surface area contributed by atoms with Crippen molar-refractivity contribution in [1.82, 2.24) is 5.32 Å². The fraction of sp³-hybridized carbons (Fsp3) is 0.684. The molecule has 0 spiro atoms. The zero-order valence-corrected chi connectivity index (χ0v) is 16.6. The monoisotopic (exact) mass is 385 g/mol. The molecule has 4 nitrogen and oxygen atoms in total. The molecule has 1 N–H and O–H groups in total. The lowest BCUT2D eigenvalue weighted by atomic mass is 9.60. The van der Waals surface area contributed by atoms with E-state index in [4.69, 9.17) is 15.8 Å². The molecule has 3 atom stereocenters. The van der Waals surface area contributed by atoms with Crippen LogP contribution in [0.1, 0.15) is 51.0 Å². The molecule has 6 heteroatoms. The summed E-state index contributed by atoms with van der Waals surface area (Å²) in [7, 11) is -3.48. The first-order valence-electron chi connectivity index (χ1n) is 9.15. The standard InChI is InChI=1S/C19H28ClNO3S/c1-14-4-5-15(13-21-14)18(24-25(2,22)23)12-19(10-3-11-19)16-6-8-17(20)9-7-16/h6-9,14-15,18,21H,3-5,10-13H2,1-2H3/t14-,15+,18?/m0/s1. The van der Waals surface area contributed by atoms with E-state index in [0.29, 0.717) is 6.04 Å². The highest BCUT2D eigenvalue weighted by molar-refractivity contribution is 7.86. The smallest absolute Gasteiger partial charge is 0.264 e. The van der Waals surface area contributed by atoms with Gasteiger partial charge in [0.2, 0.25) is 0 Å². The number of halogens is 1. The SMILES string of the molecule is C[C@H]1CC[C@@H](C(CC2(c3ccc(Cl)cc3)CCC2)OS(C)(=O)=O)CN1. The lowest BCUT2D eigenvalue weighted by Crippen LogP contribution is -2.47. The van der Waals surface area contributed by atoms with Crippen LogP contribution in [0.25, 0.3) is 0 Å². The molecule has 1 heterocycles. The number of nitrogens with one attached hydrogen (secondary N) is 1. The molecule has 1 aromatic rings. The minimum absolute atomic E-state index is 0.0169.